The van der Waals surface area contributed by atoms with Gasteiger partial charge in [-0.05, 0) is 6.42 Å². The van der Waals surface area contributed by atoms with Gasteiger partial charge in [0.05, 0.1) is 20.5 Å². The number of carboxylic acid groups (broad SMARTS) is 1. The van der Waals surface area contributed by atoms with Crippen LogP contribution in [0.25, 0.3) is 0 Å². The SMILES string of the molecule is CCCCCCCCCCCC[C@]1(O)C[N+](C)(C)C[C@@H](CC(=O)O)O1. The minimum absolute atomic E-state index is 0.0397. The summed E-state index contributed by atoms with van der Waals surface area (Å²) in [6.45, 7) is 3.40. The Hall–Kier alpha value is -0.650. The van der Waals surface area contributed by atoms with Crippen molar-refractivity contribution < 1.29 is 24.2 Å². The van der Waals surface area contributed by atoms with E-state index < -0.39 is 17.9 Å². The molecule has 5 nitrogen and oxygen atoms in total. The lowest BCUT2D eigenvalue weighted by atomic mass is 10.0. The van der Waals surface area contributed by atoms with Crippen LogP contribution in [0.3, 0.4) is 0 Å². The quantitative estimate of drug-likeness (QED) is 0.387. The third kappa shape index (κ3) is 10.2. The number of morpholine rings is 1. The van der Waals surface area contributed by atoms with Crippen molar-refractivity contribution in [2.45, 2.75) is 95.9 Å². The Bertz CT molecular complexity index is 386. The molecule has 1 aliphatic rings. The van der Waals surface area contributed by atoms with Gasteiger partial charge in [-0.3, -0.25) is 4.79 Å². The van der Waals surface area contributed by atoms with Crippen LogP contribution in [0.4, 0.5) is 0 Å². The summed E-state index contributed by atoms with van der Waals surface area (Å²) in [5.74, 6) is -2.05. The Labute approximate surface area is 154 Å². The fourth-order valence-corrected chi connectivity index (χ4v) is 4.00. The molecule has 1 heterocycles. The van der Waals surface area contributed by atoms with Crippen LogP contribution >= 0.6 is 0 Å². The Kier molecular flexibility index (Phi) is 9.98. The van der Waals surface area contributed by atoms with Crippen molar-refractivity contribution in [3.8, 4) is 0 Å². The van der Waals surface area contributed by atoms with Gasteiger partial charge in [-0.15, -0.1) is 0 Å². The van der Waals surface area contributed by atoms with Gasteiger partial charge in [0.2, 0.25) is 5.79 Å². The third-order valence-corrected chi connectivity index (χ3v) is 5.08. The topological polar surface area (TPSA) is 66.8 Å². The zero-order valence-corrected chi connectivity index (χ0v) is 16.6. The molecule has 0 saturated carbocycles. The van der Waals surface area contributed by atoms with E-state index in [2.05, 4.69) is 6.92 Å². The number of rotatable bonds is 13. The summed E-state index contributed by atoms with van der Waals surface area (Å²) in [6, 6.07) is 0. The van der Waals surface area contributed by atoms with Gasteiger partial charge in [0.25, 0.3) is 0 Å². The number of carbonyl (C=O) groups is 1. The van der Waals surface area contributed by atoms with Crippen molar-refractivity contribution in [2.24, 2.45) is 0 Å². The average molecular weight is 359 g/mol. The lowest BCUT2D eigenvalue weighted by Gasteiger charge is -2.46. The molecule has 2 atom stereocenters. The summed E-state index contributed by atoms with van der Waals surface area (Å²) >= 11 is 0. The monoisotopic (exact) mass is 358 g/mol. The van der Waals surface area contributed by atoms with E-state index in [9.17, 15) is 9.90 Å². The number of quaternary nitrogens is 1. The molecule has 5 heteroatoms. The van der Waals surface area contributed by atoms with Crippen LogP contribution in [-0.2, 0) is 9.53 Å². The highest BCUT2D eigenvalue weighted by Crippen LogP contribution is 2.29. The second kappa shape index (κ2) is 11.1. The number of carboxylic acids is 1. The van der Waals surface area contributed by atoms with Gasteiger partial charge < -0.3 is 19.4 Å². The molecule has 0 bridgehead atoms. The van der Waals surface area contributed by atoms with E-state index >= 15 is 0 Å². The van der Waals surface area contributed by atoms with E-state index in [4.69, 9.17) is 9.84 Å². The third-order valence-electron chi connectivity index (χ3n) is 5.08. The fraction of sp³-hybridized carbons (Fsp3) is 0.950. The van der Waals surface area contributed by atoms with Crippen molar-refractivity contribution in [1.29, 1.82) is 0 Å². The summed E-state index contributed by atoms with van der Waals surface area (Å²) in [7, 11) is 4.06. The van der Waals surface area contributed by atoms with Gasteiger partial charge in [-0.1, -0.05) is 64.7 Å². The summed E-state index contributed by atoms with van der Waals surface area (Å²) in [5, 5.41) is 19.8. The zero-order chi connectivity index (χ0) is 18.8. The molecule has 1 saturated heterocycles. The molecular formula is C20H40NO4+. The first kappa shape index (κ1) is 22.4. The lowest BCUT2D eigenvalue weighted by Crippen LogP contribution is -2.62. The number of aliphatic hydroxyl groups is 1. The first-order valence-electron chi connectivity index (χ1n) is 10.2. The minimum Gasteiger partial charge on any atom is -0.481 e. The van der Waals surface area contributed by atoms with Crippen LogP contribution in [-0.4, -0.2) is 59.7 Å². The number of likely N-dealkylation sites (N-methyl/N-ethyl adjacent to an activating group) is 1. The first-order valence-corrected chi connectivity index (χ1v) is 10.2. The van der Waals surface area contributed by atoms with E-state index in [1.165, 1.54) is 51.4 Å². The van der Waals surface area contributed by atoms with Crippen LogP contribution in [0.1, 0.15) is 84.0 Å². The average Bonchev–Trinajstić information content (AvgIpc) is 2.46. The summed E-state index contributed by atoms with van der Waals surface area (Å²) < 4.78 is 6.37. The van der Waals surface area contributed by atoms with Crippen LogP contribution in [0.5, 0.6) is 0 Å². The van der Waals surface area contributed by atoms with Crippen LogP contribution in [0, 0.1) is 0 Å². The van der Waals surface area contributed by atoms with Crippen LogP contribution in [0.15, 0.2) is 0 Å². The zero-order valence-electron chi connectivity index (χ0n) is 16.6. The maximum Gasteiger partial charge on any atom is 0.306 e. The molecule has 0 aromatic rings. The van der Waals surface area contributed by atoms with Crippen LogP contribution < -0.4 is 0 Å². The maximum absolute atomic E-state index is 11.0. The molecule has 25 heavy (non-hydrogen) atoms. The van der Waals surface area contributed by atoms with Crippen molar-refractivity contribution in [1.82, 2.24) is 0 Å². The fourth-order valence-electron chi connectivity index (χ4n) is 4.00. The molecule has 0 amide bonds. The van der Waals surface area contributed by atoms with Gasteiger partial charge >= 0.3 is 5.97 Å². The smallest absolute Gasteiger partial charge is 0.306 e. The van der Waals surface area contributed by atoms with Crippen molar-refractivity contribution in [2.75, 3.05) is 27.2 Å². The Morgan fingerprint density at radius 2 is 1.56 bits per heavy atom. The number of unbranched alkanes of at least 4 members (excludes halogenated alkanes) is 9. The highest BCUT2D eigenvalue weighted by atomic mass is 16.6. The molecule has 2 N–H and O–H groups in total. The molecule has 0 aromatic carbocycles. The molecule has 0 aromatic heterocycles. The molecule has 0 unspecified atom stereocenters. The Morgan fingerprint density at radius 3 is 2.08 bits per heavy atom. The Balaban J connectivity index is 2.20. The standard InChI is InChI=1S/C20H39NO4/c1-4-5-6-7-8-9-10-11-12-13-14-20(24)17-21(2,3)16-18(25-20)15-19(22)23/h18,24H,4-17H2,1-3H3/p+1/t18-,20-/m1/s1. The van der Waals surface area contributed by atoms with Gasteiger partial charge in [0.15, 0.2) is 0 Å². The Morgan fingerprint density at radius 1 is 1.04 bits per heavy atom. The van der Waals surface area contributed by atoms with E-state index in [0.717, 1.165) is 12.8 Å². The van der Waals surface area contributed by atoms with E-state index in [0.29, 0.717) is 24.0 Å². The first-order chi connectivity index (χ1) is 11.8. The number of hydrogen-bond acceptors (Lipinski definition) is 3. The molecule has 0 spiro atoms. The number of nitrogens with zero attached hydrogens (tertiary/aromatic N) is 1. The van der Waals surface area contributed by atoms with E-state index in [1.54, 1.807) is 0 Å². The van der Waals surface area contributed by atoms with Crippen molar-refractivity contribution in [3.05, 3.63) is 0 Å². The normalized spacial score (nSPS) is 25.8. The molecule has 148 valence electrons. The molecule has 0 aliphatic carbocycles. The number of aliphatic carboxylic acids is 1. The van der Waals surface area contributed by atoms with Gasteiger partial charge in [-0.25, -0.2) is 0 Å². The number of hydrogen-bond donors (Lipinski definition) is 2. The van der Waals surface area contributed by atoms with Crippen molar-refractivity contribution >= 4 is 5.97 Å². The summed E-state index contributed by atoms with van der Waals surface area (Å²) in [4.78, 5) is 11.0. The van der Waals surface area contributed by atoms with Gasteiger partial charge in [0, 0.05) is 6.42 Å². The second-order valence-electron chi connectivity index (χ2n) is 8.49. The van der Waals surface area contributed by atoms with Crippen LogP contribution in [0.2, 0.25) is 0 Å². The lowest BCUT2D eigenvalue weighted by molar-refractivity contribution is -0.915. The number of ether oxygens (including phenoxy) is 1. The van der Waals surface area contributed by atoms with Gasteiger partial charge in [-0.2, -0.15) is 0 Å². The highest BCUT2D eigenvalue weighted by Gasteiger charge is 2.45. The van der Waals surface area contributed by atoms with Crippen molar-refractivity contribution in [3.63, 3.8) is 0 Å². The second-order valence-corrected chi connectivity index (χ2v) is 8.49. The summed E-state index contributed by atoms with van der Waals surface area (Å²) in [5.41, 5.74) is 0. The molecule has 0 radical (unpaired) electrons. The molecular weight excluding hydrogens is 318 g/mol. The molecule has 1 aliphatic heterocycles. The largest absolute Gasteiger partial charge is 0.481 e. The minimum atomic E-state index is -1.18. The van der Waals surface area contributed by atoms with E-state index in [1.807, 2.05) is 14.1 Å². The van der Waals surface area contributed by atoms with Gasteiger partial charge in [0.1, 0.15) is 19.2 Å². The predicted octanol–water partition coefficient (Wildman–Crippen LogP) is 3.94. The predicted molar refractivity (Wildman–Crippen MR) is 100 cm³/mol. The van der Waals surface area contributed by atoms with E-state index in [-0.39, 0.29) is 6.42 Å². The molecule has 1 rings (SSSR count). The highest BCUT2D eigenvalue weighted by molar-refractivity contribution is 5.67. The summed E-state index contributed by atoms with van der Waals surface area (Å²) in [6.07, 6.45) is 12.7. The maximum atomic E-state index is 11.0. The molecule has 1 fully saturated rings.